The number of carboxylic acids is 1. The standard InChI is InChI=1S/C11H6F2O4/c12-11(13)17-9-3-1-7(2-4-10(15)16)8(5-9)6-14/h1,3,5-6,11H,(H,15,16). The van der Waals surface area contributed by atoms with Gasteiger partial charge in [0.2, 0.25) is 0 Å². The minimum Gasteiger partial charge on any atom is -0.472 e. The molecule has 88 valence electrons. The number of aldehydes is 1. The molecule has 1 rings (SSSR count). The van der Waals surface area contributed by atoms with Gasteiger partial charge >= 0.3 is 12.6 Å². The summed E-state index contributed by atoms with van der Waals surface area (Å²) in [6.07, 6.45) is 0.379. The first-order chi connectivity index (χ1) is 8.02. The first kappa shape index (κ1) is 12.6. The quantitative estimate of drug-likeness (QED) is 0.642. The Hall–Kier alpha value is -2.42. The predicted octanol–water partition coefficient (Wildman–Crippen LogP) is 1.54. The van der Waals surface area contributed by atoms with Crippen LogP contribution in [-0.2, 0) is 4.79 Å². The molecule has 0 aromatic heterocycles. The van der Waals surface area contributed by atoms with Gasteiger partial charge in [0, 0.05) is 17.0 Å². The molecule has 0 unspecified atom stereocenters. The van der Waals surface area contributed by atoms with Crippen LogP contribution in [0.1, 0.15) is 15.9 Å². The summed E-state index contributed by atoms with van der Waals surface area (Å²) in [5, 5.41) is 8.33. The third kappa shape index (κ3) is 3.91. The van der Waals surface area contributed by atoms with Crippen molar-refractivity contribution < 1.29 is 28.2 Å². The Labute approximate surface area is 94.8 Å². The largest absolute Gasteiger partial charge is 0.472 e. The topological polar surface area (TPSA) is 63.6 Å². The van der Waals surface area contributed by atoms with Crippen LogP contribution in [0.15, 0.2) is 18.2 Å². The number of carbonyl (C=O) groups is 2. The fraction of sp³-hybridized carbons (Fsp3) is 0.0909. The summed E-state index contributed by atoms with van der Waals surface area (Å²) in [4.78, 5) is 20.9. The minimum absolute atomic E-state index is 0.0168. The average molecular weight is 240 g/mol. The van der Waals surface area contributed by atoms with Crippen molar-refractivity contribution in [3.8, 4) is 17.6 Å². The molecule has 0 saturated heterocycles. The molecule has 6 heteroatoms. The number of alkyl halides is 2. The van der Waals surface area contributed by atoms with Crippen LogP contribution in [0.5, 0.6) is 5.75 Å². The van der Waals surface area contributed by atoms with Crippen molar-refractivity contribution in [2.45, 2.75) is 6.61 Å². The Balaban J connectivity index is 3.06. The van der Waals surface area contributed by atoms with Crippen LogP contribution < -0.4 is 4.74 Å². The Morgan fingerprint density at radius 2 is 2.18 bits per heavy atom. The van der Waals surface area contributed by atoms with Gasteiger partial charge in [0.25, 0.3) is 0 Å². The molecule has 0 aliphatic carbocycles. The van der Waals surface area contributed by atoms with Crippen molar-refractivity contribution in [2.24, 2.45) is 0 Å². The average Bonchev–Trinajstić information content (AvgIpc) is 2.26. The second-order valence-electron chi connectivity index (χ2n) is 2.80. The van der Waals surface area contributed by atoms with E-state index in [1.807, 2.05) is 5.92 Å². The molecule has 0 heterocycles. The highest BCUT2D eigenvalue weighted by Crippen LogP contribution is 2.18. The molecule has 0 spiro atoms. The van der Waals surface area contributed by atoms with E-state index in [9.17, 15) is 18.4 Å². The van der Waals surface area contributed by atoms with E-state index >= 15 is 0 Å². The lowest BCUT2D eigenvalue weighted by Gasteiger charge is -2.05. The molecule has 0 bridgehead atoms. The third-order valence-electron chi connectivity index (χ3n) is 1.68. The van der Waals surface area contributed by atoms with E-state index < -0.39 is 12.6 Å². The molecule has 1 aromatic carbocycles. The van der Waals surface area contributed by atoms with Crippen LogP contribution in [-0.4, -0.2) is 24.0 Å². The molecular formula is C11H6F2O4. The van der Waals surface area contributed by atoms with Gasteiger partial charge in [0.1, 0.15) is 5.75 Å². The lowest BCUT2D eigenvalue weighted by molar-refractivity contribution is -0.130. The van der Waals surface area contributed by atoms with Gasteiger partial charge < -0.3 is 9.84 Å². The van der Waals surface area contributed by atoms with Crippen molar-refractivity contribution in [1.82, 2.24) is 0 Å². The van der Waals surface area contributed by atoms with Crippen molar-refractivity contribution in [2.75, 3.05) is 0 Å². The van der Waals surface area contributed by atoms with Crippen LogP contribution in [0.4, 0.5) is 8.78 Å². The lowest BCUT2D eigenvalue weighted by Crippen LogP contribution is -2.02. The fourth-order valence-electron chi connectivity index (χ4n) is 1.05. The second-order valence-corrected chi connectivity index (χ2v) is 2.80. The summed E-state index contributed by atoms with van der Waals surface area (Å²) in [5.41, 5.74) is 0.112. The molecule has 0 aliphatic heterocycles. The summed E-state index contributed by atoms with van der Waals surface area (Å²) in [6, 6.07) is 3.47. The van der Waals surface area contributed by atoms with E-state index in [0.717, 1.165) is 6.07 Å². The number of hydrogen-bond acceptors (Lipinski definition) is 3. The molecule has 0 fully saturated rings. The van der Waals surface area contributed by atoms with Crippen molar-refractivity contribution in [3.63, 3.8) is 0 Å². The maximum atomic E-state index is 11.9. The maximum absolute atomic E-state index is 11.9. The summed E-state index contributed by atoms with van der Waals surface area (Å²) < 4.78 is 27.9. The van der Waals surface area contributed by atoms with Gasteiger partial charge in [-0.25, -0.2) is 4.79 Å². The molecular weight excluding hydrogens is 234 g/mol. The molecule has 1 N–H and O–H groups in total. The number of ether oxygens (including phenoxy) is 1. The number of rotatable bonds is 3. The van der Waals surface area contributed by atoms with Crippen molar-refractivity contribution >= 4 is 12.3 Å². The predicted molar refractivity (Wildman–Crippen MR) is 53.0 cm³/mol. The van der Waals surface area contributed by atoms with Crippen LogP contribution in [0.25, 0.3) is 0 Å². The second kappa shape index (κ2) is 5.61. The highest BCUT2D eigenvalue weighted by atomic mass is 19.3. The maximum Gasteiger partial charge on any atom is 0.387 e. The van der Waals surface area contributed by atoms with Gasteiger partial charge in [-0.1, -0.05) is 5.92 Å². The normalized spacial score (nSPS) is 9.35. The molecule has 0 saturated carbocycles. The van der Waals surface area contributed by atoms with Gasteiger partial charge in [-0.05, 0) is 18.2 Å². The van der Waals surface area contributed by atoms with E-state index in [0.29, 0.717) is 6.29 Å². The first-order valence-electron chi connectivity index (χ1n) is 4.32. The molecule has 0 aliphatic rings. The zero-order chi connectivity index (χ0) is 12.8. The lowest BCUT2D eigenvalue weighted by atomic mass is 10.1. The number of carbonyl (C=O) groups excluding carboxylic acids is 1. The van der Waals surface area contributed by atoms with Gasteiger partial charge in [-0.15, -0.1) is 0 Å². The number of carboxylic acid groups (broad SMARTS) is 1. The smallest absolute Gasteiger partial charge is 0.387 e. The van der Waals surface area contributed by atoms with Crippen LogP contribution in [0.3, 0.4) is 0 Å². The van der Waals surface area contributed by atoms with E-state index in [4.69, 9.17) is 5.11 Å². The van der Waals surface area contributed by atoms with Crippen LogP contribution in [0, 0.1) is 11.8 Å². The molecule has 0 radical (unpaired) electrons. The van der Waals surface area contributed by atoms with Crippen molar-refractivity contribution in [1.29, 1.82) is 0 Å². The summed E-state index contributed by atoms with van der Waals surface area (Å²) >= 11 is 0. The molecule has 1 aromatic rings. The van der Waals surface area contributed by atoms with Gasteiger partial charge in [-0.3, -0.25) is 4.79 Å². The summed E-state index contributed by atoms with van der Waals surface area (Å²) in [6.45, 7) is -2.99. The minimum atomic E-state index is -2.99. The van der Waals surface area contributed by atoms with Gasteiger partial charge in [-0.2, -0.15) is 8.78 Å². The molecule has 0 amide bonds. The monoisotopic (exact) mass is 240 g/mol. The summed E-state index contributed by atoms with van der Waals surface area (Å²) in [5.74, 6) is 2.49. The Morgan fingerprint density at radius 3 is 2.71 bits per heavy atom. The SMILES string of the molecule is O=Cc1cc(OC(F)F)ccc1C#CC(=O)O. The zero-order valence-corrected chi connectivity index (χ0v) is 8.31. The van der Waals surface area contributed by atoms with Gasteiger partial charge in [0.05, 0.1) is 0 Å². The van der Waals surface area contributed by atoms with E-state index in [1.165, 1.54) is 12.1 Å². The number of halogens is 2. The van der Waals surface area contributed by atoms with Crippen molar-refractivity contribution in [3.05, 3.63) is 29.3 Å². The van der Waals surface area contributed by atoms with Gasteiger partial charge in [0.15, 0.2) is 6.29 Å². The number of aliphatic carboxylic acids is 1. The molecule has 0 atom stereocenters. The molecule has 4 nitrogen and oxygen atoms in total. The first-order valence-corrected chi connectivity index (χ1v) is 4.32. The Kier molecular flexibility index (Phi) is 4.17. The zero-order valence-electron chi connectivity index (χ0n) is 8.31. The number of hydrogen-bond donors (Lipinski definition) is 1. The highest BCUT2D eigenvalue weighted by Gasteiger charge is 2.07. The van der Waals surface area contributed by atoms with Crippen LogP contribution >= 0.6 is 0 Å². The fourth-order valence-corrected chi connectivity index (χ4v) is 1.05. The van der Waals surface area contributed by atoms with E-state index in [-0.39, 0.29) is 16.9 Å². The Morgan fingerprint density at radius 1 is 1.47 bits per heavy atom. The highest BCUT2D eigenvalue weighted by molar-refractivity contribution is 5.88. The number of benzene rings is 1. The Bertz CT molecular complexity index is 500. The molecule has 17 heavy (non-hydrogen) atoms. The third-order valence-corrected chi connectivity index (χ3v) is 1.68. The van der Waals surface area contributed by atoms with E-state index in [2.05, 4.69) is 10.7 Å². The summed E-state index contributed by atoms with van der Waals surface area (Å²) in [7, 11) is 0. The van der Waals surface area contributed by atoms with Crippen LogP contribution in [0.2, 0.25) is 0 Å². The van der Waals surface area contributed by atoms with E-state index in [1.54, 1.807) is 0 Å².